The Bertz CT molecular complexity index is 1880. The van der Waals surface area contributed by atoms with Crippen molar-refractivity contribution < 1.29 is 15.0 Å². The van der Waals surface area contributed by atoms with Crippen LogP contribution < -0.4 is 8.01 Å². The van der Waals surface area contributed by atoms with Crippen LogP contribution in [-0.2, 0) is 10.2 Å². The first-order chi connectivity index (χ1) is 23.3. The molecular formula is C41H44ClIN2O3. The van der Waals surface area contributed by atoms with Crippen molar-refractivity contribution in [1.82, 2.24) is 0 Å². The van der Waals surface area contributed by atoms with E-state index in [0.29, 0.717) is 6.54 Å². The number of carbonyl (C=O) groups is 1. The number of hydrogen-bond donors (Lipinski definition) is 2. The van der Waals surface area contributed by atoms with Crippen LogP contribution in [0.4, 0.5) is 11.4 Å². The topological polar surface area (TPSA) is 64.0 Å². The molecule has 0 bridgehead atoms. The van der Waals surface area contributed by atoms with Gasteiger partial charge in [0.15, 0.2) is 0 Å². The number of para-hydroxylation sites is 1. The number of benzene rings is 3. The van der Waals surface area contributed by atoms with Gasteiger partial charge in [0, 0.05) is 71.9 Å². The normalized spacial score (nSPS) is 19.1. The Hall–Kier alpha value is -3.46. The second-order valence-electron chi connectivity index (χ2n) is 13.1. The molecule has 7 heteroatoms. The molecule has 0 amide bonds. The maximum absolute atomic E-state index is 11.1. The average molecular weight is 775 g/mol. The number of nitrogens with zero attached hydrogens (tertiary/aromatic N) is 2. The molecule has 6 rings (SSSR count). The van der Waals surface area contributed by atoms with Gasteiger partial charge in [0.25, 0.3) is 0 Å². The smallest absolute Gasteiger partial charge is 0.303 e. The van der Waals surface area contributed by atoms with Crippen molar-refractivity contribution in [1.29, 1.82) is 0 Å². The minimum absolute atomic E-state index is 0.104. The van der Waals surface area contributed by atoms with Crippen LogP contribution in [0.2, 0.25) is 0 Å². The van der Waals surface area contributed by atoms with Crippen LogP contribution in [0.1, 0.15) is 69.9 Å². The van der Waals surface area contributed by atoms with Gasteiger partial charge in [0.1, 0.15) is 0 Å². The Morgan fingerprint density at radius 3 is 2.58 bits per heavy atom. The molecule has 48 heavy (non-hydrogen) atoms. The van der Waals surface area contributed by atoms with Crippen LogP contribution in [0.15, 0.2) is 113 Å². The second kappa shape index (κ2) is 15.4. The van der Waals surface area contributed by atoms with E-state index in [-0.39, 0.29) is 18.4 Å². The molecule has 0 fully saturated rings. The third kappa shape index (κ3) is 7.41. The maximum atomic E-state index is 11.1. The summed E-state index contributed by atoms with van der Waals surface area (Å²) < 4.78 is 4.06. The standard InChI is InChI=1S/C41H44ClIN2O3/c1-41(2)37(43-45(25-9-3-4-17-38(47)48)36-22-20-29-11-5-6-15-34(29)39(36)41)23-21-32-13-10-12-31(40(32)42)19-18-30-24-26-44(27-28-46)35-16-8-7-14-33(30)35/h5-8,11,14-16,18-24,26,46H,3-4,9-10,12-13,17,25,27-28H2,1-2H3,(H,47,48)/b23-21+,30-18-,31-19+. The number of fused-ring (bicyclic) bond motifs is 4. The van der Waals surface area contributed by atoms with Gasteiger partial charge >= 0.3 is 5.97 Å². The summed E-state index contributed by atoms with van der Waals surface area (Å²) in [6.07, 6.45) is 19.0. The molecule has 0 aromatic heterocycles. The summed E-state index contributed by atoms with van der Waals surface area (Å²) in [6.45, 7) is 6.34. The van der Waals surface area contributed by atoms with Gasteiger partial charge in [-0.2, -0.15) is 0 Å². The lowest BCUT2D eigenvalue weighted by Gasteiger charge is -2.39. The lowest BCUT2D eigenvalue weighted by atomic mass is 9.77. The van der Waals surface area contributed by atoms with Crippen LogP contribution in [0.5, 0.6) is 0 Å². The molecule has 2 heterocycles. The number of aliphatic hydroxyl groups is 1. The lowest BCUT2D eigenvalue weighted by Crippen LogP contribution is -2.34. The van der Waals surface area contributed by atoms with Gasteiger partial charge in [-0.25, -0.2) is 0 Å². The Balaban J connectivity index is 1.30. The van der Waals surface area contributed by atoms with Gasteiger partial charge in [-0.05, 0) is 83.4 Å². The van der Waals surface area contributed by atoms with Gasteiger partial charge in [0.2, 0.25) is 0 Å². The van der Waals surface area contributed by atoms with Crippen LogP contribution in [0.3, 0.4) is 0 Å². The predicted octanol–water partition coefficient (Wildman–Crippen LogP) is 10.2. The molecule has 3 aliphatic rings. The highest BCUT2D eigenvalue weighted by Gasteiger charge is 2.35. The van der Waals surface area contributed by atoms with Gasteiger partial charge in [-0.15, -0.1) is 0 Å². The minimum atomic E-state index is -0.716. The first-order valence-corrected chi connectivity index (χ1v) is 19.4. The van der Waals surface area contributed by atoms with Crippen molar-refractivity contribution in [3.8, 4) is 0 Å². The number of aliphatic carboxylic acids is 1. The van der Waals surface area contributed by atoms with Gasteiger partial charge in [-0.1, -0.05) is 105 Å². The fourth-order valence-corrected chi connectivity index (χ4v) is 10.3. The molecule has 2 N–H and O–H groups in total. The highest BCUT2D eigenvalue weighted by Crippen LogP contribution is 2.47. The number of aliphatic hydroxyl groups excluding tert-OH is 1. The van der Waals surface area contributed by atoms with Gasteiger partial charge < -0.3 is 18.2 Å². The Kier molecular flexibility index (Phi) is 11.0. The van der Waals surface area contributed by atoms with E-state index in [1.807, 2.05) is 12.3 Å². The molecular weight excluding hydrogens is 731 g/mol. The SMILES string of the molecule is CC1(C)C(/C=C/C2=C(Cl)C(=C/C=C3/C=CN(CCO)c4ccccc43)/CCC2)=IN(CCCCCC(=O)O)c2ccc3ccccc3c21. The summed E-state index contributed by atoms with van der Waals surface area (Å²) in [5.41, 5.74) is 8.33. The molecule has 250 valence electrons. The zero-order valence-corrected chi connectivity index (χ0v) is 30.7. The Morgan fingerprint density at radius 1 is 0.938 bits per heavy atom. The number of unbranched alkanes of at least 4 members (excludes halogenated alkanes) is 2. The first kappa shape index (κ1) is 34.4. The number of anilines is 2. The fourth-order valence-electron chi connectivity index (χ4n) is 6.93. The van der Waals surface area contributed by atoms with Crippen molar-refractivity contribution in [3.63, 3.8) is 0 Å². The summed E-state index contributed by atoms with van der Waals surface area (Å²) >= 11 is 6.69. The zero-order chi connectivity index (χ0) is 33.7. The van der Waals surface area contributed by atoms with Gasteiger partial charge in [-0.3, -0.25) is 4.79 Å². The molecule has 2 aliphatic heterocycles. The van der Waals surface area contributed by atoms with Crippen LogP contribution >= 0.6 is 32.6 Å². The molecule has 5 nitrogen and oxygen atoms in total. The molecule has 3 aromatic carbocycles. The summed E-state index contributed by atoms with van der Waals surface area (Å²) in [5.74, 6) is -0.716. The summed E-state index contributed by atoms with van der Waals surface area (Å²) in [7, 11) is 0. The van der Waals surface area contributed by atoms with Crippen LogP contribution in [0, 0.1) is 0 Å². The van der Waals surface area contributed by atoms with Gasteiger partial charge in [0.05, 0.1) is 12.3 Å². The molecule has 0 saturated carbocycles. The first-order valence-electron chi connectivity index (χ1n) is 16.9. The van der Waals surface area contributed by atoms with Crippen molar-refractivity contribution in [2.45, 2.75) is 64.2 Å². The van der Waals surface area contributed by atoms with E-state index in [0.717, 1.165) is 66.9 Å². The minimum Gasteiger partial charge on any atom is -0.481 e. The fraction of sp³-hybridized carbons (Fsp3) is 0.317. The Labute approximate surface area is 299 Å². The van der Waals surface area contributed by atoms with Crippen molar-refractivity contribution in [2.75, 3.05) is 27.7 Å². The number of halogens is 2. The number of hydrogen-bond acceptors (Lipinski definition) is 4. The Morgan fingerprint density at radius 2 is 1.75 bits per heavy atom. The lowest BCUT2D eigenvalue weighted by molar-refractivity contribution is -0.137. The molecule has 0 unspecified atom stereocenters. The highest BCUT2D eigenvalue weighted by atomic mass is 127. The zero-order valence-electron chi connectivity index (χ0n) is 27.8. The van der Waals surface area contributed by atoms with E-state index in [1.54, 1.807) is 0 Å². The van der Waals surface area contributed by atoms with Crippen molar-refractivity contribution in [3.05, 3.63) is 125 Å². The summed E-state index contributed by atoms with van der Waals surface area (Å²) in [5, 5.41) is 22.0. The number of carboxylic acids is 1. The van der Waals surface area contributed by atoms with Crippen molar-refractivity contribution >= 4 is 69.8 Å². The predicted molar refractivity (Wildman–Crippen MR) is 211 cm³/mol. The van der Waals surface area contributed by atoms with E-state index in [1.165, 1.54) is 36.7 Å². The number of rotatable bonds is 11. The molecule has 0 saturated heterocycles. The number of carboxylic acid groups (broad SMARTS) is 1. The molecule has 0 radical (unpaired) electrons. The van der Waals surface area contributed by atoms with E-state index < -0.39 is 27.0 Å². The van der Waals surface area contributed by atoms with Crippen LogP contribution in [-0.4, -0.2) is 39.4 Å². The molecule has 3 aromatic rings. The maximum Gasteiger partial charge on any atom is 0.303 e. The highest BCUT2D eigenvalue weighted by molar-refractivity contribution is 14.2. The van der Waals surface area contributed by atoms with Crippen LogP contribution in [0.25, 0.3) is 16.3 Å². The molecule has 1 aliphatic carbocycles. The average Bonchev–Trinajstić information content (AvgIpc) is 3.08. The summed E-state index contributed by atoms with van der Waals surface area (Å²) in [6, 6.07) is 21.6. The summed E-state index contributed by atoms with van der Waals surface area (Å²) in [4.78, 5) is 13.1. The third-order valence-corrected chi connectivity index (χ3v) is 13.8. The largest absolute Gasteiger partial charge is 0.481 e. The number of allylic oxidation sites excluding steroid dienone is 9. The molecule has 0 spiro atoms. The monoisotopic (exact) mass is 774 g/mol. The van der Waals surface area contributed by atoms with E-state index in [9.17, 15) is 9.90 Å². The van der Waals surface area contributed by atoms with E-state index in [4.69, 9.17) is 16.7 Å². The third-order valence-electron chi connectivity index (χ3n) is 9.48. The van der Waals surface area contributed by atoms with Crippen molar-refractivity contribution in [2.24, 2.45) is 0 Å². The van der Waals surface area contributed by atoms with E-state index in [2.05, 4.69) is 107 Å². The van der Waals surface area contributed by atoms with E-state index >= 15 is 0 Å². The quantitative estimate of drug-likeness (QED) is 0.115. The second-order valence-corrected chi connectivity index (χ2v) is 16.3. The molecule has 0 atom stereocenters. The number of β-amino-alcohol motifs (C(OH)–C–C–N with tert-alkyl or cyclic N) is 1.